The number of carbonyl (C=O) groups excluding carboxylic acids is 3. The van der Waals surface area contributed by atoms with Gasteiger partial charge in [-0.05, 0) is 87.6 Å². The number of alkyl carbamates (subject to hydrolysis) is 1. The molecule has 0 fully saturated rings. The summed E-state index contributed by atoms with van der Waals surface area (Å²) >= 11 is 0. The Morgan fingerprint density at radius 3 is 2.20 bits per heavy atom. The maximum absolute atomic E-state index is 14.9. The zero-order valence-corrected chi connectivity index (χ0v) is 28.9. The fourth-order valence-corrected chi connectivity index (χ4v) is 5.94. The van der Waals surface area contributed by atoms with Crippen LogP contribution in [0.1, 0.15) is 82.4 Å². The Morgan fingerprint density at radius 1 is 0.980 bits per heavy atom. The number of aromatic carboxylic acids is 1. The van der Waals surface area contributed by atoms with Crippen molar-refractivity contribution in [2.75, 3.05) is 7.11 Å². The molecule has 0 bridgehead atoms. The summed E-state index contributed by atoms with van der Waals surface area (Å²) in [7, 11) is 1.39. The molecule has 0 aliphatic rings. The lowest BCUT2D eigenvalue weighted by molar-refractivity contribution is -0.125. The van der Waals surface area contributed by atoms with E-state index in [0.29, 0.717) is 22.6 Å². The van der Waals surface area contributed by atoms with Crippen molar-refractivity contribution in [3.63, 3.8) is 0 Å². The molecule has 11 heteroatoms. The molecule has 11 nitrogen and oxygen atoms in total. The number of aryl methyl sites for hydroxylation is 2. The normalized spacial score (nSPS) is 13.2. The molecule has 0 spiro atoms. The van der Waals surface area contributed by atoms with Crippen LogP contribution >= 0.6 is 0 Å². The Kier molecular flexibility index (Phi) is 11.3. The predicted octanol–water partition coefficient (Wildman–Crippen LogP) is 6.17. The molecule has 5 N–H and O–H groups in total. The number of hydrogen-bond acceptors (Lipinski definition) is 7. The van der Waals surface area contributed by atoms with Crippen LogP contribution in [0.25, 0.3) is 11.3 Å². The number of nitrogens with one attached hydrogen (secondary N) is 2. The van der Waals surface area contributed by atoms with Crippen molar-refractivity contribution < 1.29 is 33.8 Å². The molecule has 0 saturated carbocycles. The number of H-pyrrole nitrogens is 1. The van der Waals surface area contributed by atoms with Gasteiger partial charge in [0.25, 0.3) is 0 Å². The first-order valence-corrected chi connectivity index (χ1v) is 16.0. The highest BCUT2D eigenvalue weighted by atomic mass is 16.6. The second-order valence-corrected chi connectivity index (χ2v) is 13.2. The van der Waals surface area contributed by atoms with Crippen LogP contribution < -0.4 is 15.8 Å². The van der Waals surface area contributed by atoms with Crippen LogP contribution in [-0.4, -0.2) is 57.6 Å². The first kappa shape index (κ1) is 36.4. The van der Waals surface area contributed by atoms with Gasteiger partial charge in [-0.25, -0.2) is 14.6 Å². The van der Waals surface area contributed by atoms with E-state index in [1.807, 2.05) is 51.1 Å². The number of primary amides is 1. The highest BCUT2D eigenvalue weighted by Gasteiger charge is 2.36. The zero-order valence-electron chi connectivity index (χ0n) is 28.9. The quantitative estimate of drug-likeness (QED) is 0.131. The van der Waals surface area contributed by atoms with Crippen LogP contribution in [0.4, 0.5) is 4.79 Å². The Hall–Kier alpha value is -5.45. The topological polar surface area (TPSA) is 174 Å². The van der Waals surface area contributed by atoms with Gasteiger partial charge in [0, 0.05) is 35.6 Å². The highest BCUT2D eigenvalue weighted by Crippen LogP contribution is 2.32. The molecule has 0 aliphatic heterocycles. The number of amides is 2. The van der Waals surface area contributed by atoms with Crippen molar-refractivity contribution in [1.82, 2.24) is 15.3 Å². The third kappa shape index (κ3) is 9.13. The number of benzene rings is 3. The van der Waals surface area contributed by atoms with E-state index in [-0.39, 0.29) is 29.9 Å². The van der Waals surface area contributed by atoms with Gasteiger partial charge in [-0.3, -0.25) is 9.59 Å². The summed E-state index contributed by atoms with van der Waals surface area (Å²) in [6.07, 6.45) is 1.26. The number of aromatic nitrogens is 2. The minimum absolute atomic E-state index is 0.0348. The van der Waals surface area contributed by atoms with Gasteiger partial charge < -0.3 is 30.6 Å². The number of Topliss-reactive ketones (excluding diaryl/α,β-unsaturated/α-hetero) is 1. The molecule has 0 saturated heterocycles. The summed E-state index contributed by atoms with van der Waals surface area (Å²) < 4.78 is 10.8. The Balaban J connectivity index is 1.80. The van der Waals surface area contributed by atoms with Gasteiger partial charge in [0.15, 0.2) is 5.78 Å². The monoisotopic (exact) mass is 668 g/mol. The van der Waals surface area contributed by atoms with Crippen molar-refractivity contribution in [3.05, 3.63) is 106 Å². The first-order chi connectivity index (χ1) is 23.1. The SMILES string of the molecule is COc1ccc(CC(C(=O)[C@H](Cc2c(C)cc(C(N)=O)cc2C)NC(=O)OC(C)(C)C)[C@@H](C)c2nc(-c3ccccc3)c[nH]2)cc1C(=O)O. The van der Waals surface area contributed by atoms with E-state index in [1.54, 1.807) is 51.2 Å². The van der Waals surface area contributed by atoms with Gasteiger partial charge in [-0.1, -0.05) is 43.3 Å². The van der Waals surface area contributed by atoms with E-state index in [0.717, 1.165) is 22.3 Å². The molecule has 1 aromatic heterocycles. The summed E-state index contributed by atoms with van der Waals surface area (Å²) in [6, 6.07) is 16.7. The number of nitrogens with zero attached hydrogens (tertiary/aromatic N) is 1. The molecular formula is C38H44N4O7. The van der Waals surface area contributed by atoms with Crippen LogP contribution in [0.3, 0.4) is 0 Å². The van der Waals surface area contributed by atoms with Crippen molar-refractivity contribution in [3.8, 4) is 17.0 Å². The van der Waals surface area contributed by atoms with Crippen molar-refractivity contribution in [2.45, 2.75) is 71.9 Å². The fraction of sp³-hybridized carbons (Fsp3) is 0.342. The van der Waals surface area contributed by atoms with Crippen molar-refractivity contribution >= 4 is 23.8 Å². The second-order valence-electron chi connectivity index (χ2n) is 13.2. The lowest BCUT2D eigenvalue weighted by atomic mass is 9.79. The van der Waals surface area contributed by atoms with Gasteiger partial charge in [0.2, 0.25) is 5.91 Å². The molecule has 4 rings (SSSR count). The van der Waals surface area contributed by atoms with Crippen molar-refractivity contribution in [2.24, 2.45) is 11.7 Å². The minimum atomic E-state index is -1.16. The summed E-state index contributed by atoms with van der Waals surface area (Å²) in [5.74, 6) is -2.57. The third-order valence-corrected chi connectivity index (χ3v) is 8.44. The lowest BCUT2D eigenvalue weighted by Crippen LogP contribution is -2.48. The maximum atomic E-state index is 14.9. The van der Waals surface area contributed by atoms with Gasteiger partial charge in [-0.2, -0.15) is 0 Å². The molecule has 49 heavy (non-hydrogen) atoms. The third-order valence-electron chi connectivity index (χ3n) is 8.44. The van der Waals surface area contributed by atoms with E-state index in [4.69, 9.17) is 20.2 Å². The van der Waals surface area contributed by atoms with E-state index in [2.05, 4.69) is 10.3 Å². The molecule has 0 aliphatic carbocycles. The van der Waals surface area contributed by atoms with Crippen LogP contribution in [-0.2, 0) is 22.4 Å². The number of hydrogen-bond donors (Lipinski definition) is 4. The number of ketones is 1. The largest absolute Gasteiger partial charge is 0.496 e. The molecule has 3 aromatic carbocycles. The summed E-state index contributed by atoms with van der Waals surface area (Å²) in [4.78, 5) is 60.1. The van der Waals surface area contributed by atoms with Crippen LogP contribution in [0, 0.1) is 19.8 Å². The average molecular weight is 669 g/mol. The Morgan fingerprint density at radius 2 is 1.63 bits per heavy atom. The molecule has 1 heterocycles. The Bertz CT molecular complexity index is 1820. The number of imidazole rings is 1. The highest BCUT2D eigenvalue weighted by molar-refractivity contribution is 5.94. The number of carboxylic acids is 1. The number of carboxylic acid groups (broad SMARTS) is 1. The van der Waals surface area contributed by atoms with E-state index < -0.39 is 41.4 Å². The zero-order chi connectivity index (χ0) is 36.0. The number of rotatable bonds is 13. The van der Waals surface area contributed by atoms with Gasteiger partial charge in [0.1, 0.15) is 22.7 Å². The average Bonchev–Trinajstić information content (AvgIpc) is 3.54. The first-order valence-electron chi connectivity index (χ1n) is 16.0. The van der Waals surface area contributed by atoms with E-state index in [1.165, 1.54) is 13.2 Å². The number of ether oxygens (including phenoxy) is 2. The number of aromatic amines is 1. The maximum Gasteiger partial charge on any atom is 0.408 e. The predicted molar refractivity (Wildman–Crippen MR) is 186 cm³/mol. The lowest BCUT2D eigenvalue weighted by Gasteiger charge is -2.29. The van der Waals surface area contributed by atoms with E-state index in [9.17, 15) is 24.3 Å². The number of nitrogens with two attached hydrogens (primary N) is 1. The summed E-state index contributed by atoms with van der Waals surface area (Å²) in [5, 5.41) is 12.7. The minimum Gasteiger partial charge on any atom is -0.496 e. The standard InChI is InChI=1S/C38H44N4O7/c1-21-15-26(34(39)44)16-22(2)27(21)19-30(42-37(47)49-38(4,5)6)33(43)28(17-24-13-14-32(48-7)29(18-24)36(45)46)23(3)35-40-20-31(41-35)25-11-9-8-10-12-25/h8-16,18,20,23,28,30H,17,19H2,1-7H3,(H2,39,44)(H,40,41)(H,42,47)(H,45,46)/t23-,28?,30+/m1/s1. The fourth-order valence-electron chi connectivity index (χ4n) is 5.94. The molecular weight excluding hydrogens is 624 g/mol. The van der Waals surface area contributed by atoms with Gasteiger partial charge in [0.05, 0.1) is 18.8 Å². The molecule has 4 aromatic rings. The van der Waals surface area contributed by atoms with Gasteiger partial charge >= 0.3 is 12.1 Å². The summed E-state index contributed by atoms with van der Waals surface area (Å²) in [6.45, 7) is 10.7. The van der Waals surface area contributed by atoms with Crippen LogP contribution in [0.15, 0.2) is 66.9 Å². The van der Waals surface area contributed by atoms with Crippen LogP contribution in [0.5, 0.6) is 5.75 Å². The van der Waals surface area contributed by atoms with Crippen LogP contribution in [0.2, 0.25) is 0 Å². The van der Waals surface area contributed by atoms with Crippen molar-refractivity contribution in [1.29, 1.82) is 0 Å². The molecule has 1 unspecified atom stereocenters. The molecule has 2 amide bonds. The number of methoxy groups -OCH3 is 1. The Labute approximate surface area is 286 Å². The smallest absolute Gasteiger partial charge is 0.408 e. The second kappa shape index (κ2) is 15.2. The van der Waals surface area contributed by atoms with E-state index >= 15 is 0 Å². The molecule has 258 valence electrons. The summed E-state index contributed by atoms with van der Waals surface area (Å²) in [5.41, 5.74) is 9.47. The number of carbonyl (C=O) groups is 4. The molecule has 0 radical (unpaired) electrons. The molecule has 3 atom stereocenters. The van der Waals surface area contributed by atoms with Gasteiger partial charge in [-0.15, -0.1) is 0 Å².